The molecule has 164 valence electrons. The minimum atomic E-state index is -0.757. The normalized spacial score (nSPS) is 18.1. The molecule has 8 heteroatoms. The first kappa shape index (κ1) is 21.1. The zero-order valence-corrected chi connectivity index (χ0v) is 18.2. The van der Waals surface area contributed by atoms with Crippen LogP contribution in [0.5, 0.6) is 0 Å². The van der Waals surface area contributed by atoms with Crippen molar-refractivity contribution in [3.05, 3.63) is 53.9 Å². The summed E-state index contributed by atoms with van der Waals surface area (Å²) in [5.41, 5.74) is 1.28. The second-order valence-corrected chi connectivity index (χ2v) is 8.61. The maximum atomic E-state index is 13.1. The molecular weight excluding hydrogens is 394 g/mol. The van der Waals surface area contributed by atoms with Crippen molar-refractivity contribution in [2.75, 3.05) is 20.6 Å². The van der Waals surface area contributed by atoms with Crippen molar-refractivity contribution in [2.24, 2.45) is 0 Å². The van der Waals surface area contributed by atoms with Crippen LogP contribution in [0, 0.1) is 0 Å². The number of urea groups is 1. The van der Waals surface area contributed by atoms with Crippen LogP contribution >= 0.6 is 0 Å². The van der Waals surface area contributed by atoms with E-state index in [0.717, 1.165) is 35.3 Å². The Morgan fingerprint density at radius 3 is 2.52 bits per heavy atom. The third kappa shape index (κ3) is 4.06. The number of imide groups is 1. The molecule has 4 amide bonds. The van der Waals surface area contributed by atoms with Crippen LogP contribution in [0.1, 0.15) is 43.2 Å². The lowest BCUT2D eigenvalue weighted by Crippen LogP contribution is -2.49. The molecule has 1 aromatic heterocycles. The van der Waals surface area contributed by atoms with Gasteiger partial charge in [-0.2, -0.15) is 5.10 Å². The van der Waals surface area contributed by atoms with Gasteiger partial charge in [-0.05, 0) is 18.4 Å². The van der Waals surface area contributed by atoms with E-state index in [1.807, 2.05) is 41.2 Å². The molecule has 1 spiro atoms. The van der Waals surface area contributed by atoms with E-state index >= 15 is 0 Å². The number of hydrogen-bond donors (Lipinski definition) is 0. The van der Waals surface area contributed by atoms with E-state index < -0.39 is 5.54 Å². The van der Waals surface area contributed by atoms with Crippen LogP contribution in [0.25, 0.3) is 0 Å². The monoisotopic (exact) mass is 423 g/mol. The number of rotatable bonds is 6. The summed E-state index contributed by atoms with van der Waals surface area (Å²) in [5, 5.41) is 4.37. The standard InChI is InChI=1S/C23H29N5O3/c1-25(14-19-13-24-27(16-19)15-18-9-5-3-6-10-18)20(29)17-28-21(30)23(26(2)22(28)31)11-7-4-8-12-23/h3,5-6,9-10,13,16H,4,7-8,11-12,14-15,17H2,1-2H3. The van der Waals surface area contributed by atoms with Gasteiger partial charge in [-0.1, -0.05) is 49.6 Å². The van der Waals surface area contributed by atoms with Crippen molar-refractivity contribution >= 4 is 17.8 Å². The fourth-order valence-corrected chi connectivity index (χ4v) is 4.63. The van der Waals surface area contributed by atoms with Gasteiger partial charge in [0.25, 0.3) is 5.91 Å². The highest BCUT2D eigenvalue weighted by Gasteiger charge is 2.55. The van der Waals surface area contributed by atoms with Crippen molar-refractivity contribution in [1.82, 2.24) is 24.5 Å². The van der Waals surface area contributed by atoms with Gasteiger partial charge in [-0.15, -0.1) is 0 Å². The third-order valence-electron chi connectivity index (χ3n) is 6.50. The van der Waals surface area contributed by atoms with Gasteiger partial charge in [-0.25, -0.2) is 4.79 Å². The maximum Gasteiger partial charge on any atom is 0.327 e. The van der Waals surface area contributed by atoms with Gasteiger partial charge in [0, 0.05) is 32.4 Å². The minimum absolute atomic E-state index is 0.224. The lowest BCUT2D eigenvalue weighted by molar-refractivity contribution is -0.140. The molecule has 0 bridgehead atoms. The Kier molecular flexibility index (Phi) is 5.80. The van der Waals surface area contributed by atoms with Gasteiger partial charge in [0.2, 0.25) is 5.91 Å². The maximum absolute atomic E-state index is 13.1. The summed E-state index contributed by atoms with van der Waals surface area (Å²) in [6.45, 7) is 0.799. The van der Waals surface area contributed by atoms with E-state index in [9.17, 15) is 14.4 Å². The third-order valence-corrected chi connectivity index (χ3v) is 6.50. The lowest BCUT2D eigenvalue weighted by atomic mass is 9.81. The average molecular weight is 424 g/mol. The summed E-state index contributed by atoms with van der Waals surface area (Å²) in [4.78, 5) is 42.8. The first-order chi connectivity index (χ1) is 14.9. The van der Waals surface area contributed by atoms with Gasteiger partial charge in [0.1, 0.15) is 12.1 Å². The second kappa shape index (κ2) is 8.53. The highest BCUT2D eigenvalue weighted by molar-refractivity contribution is 6.08. The molecular formula is C23H29N5O3. The molecule has 31 heavy (non-hydrogen) atoms. The first-order valence-corrected chi connectivity index (χ1v) is 10.8. The quantitative estimate of drug-likeness (QED) is 0.669. The Hall–Kier alpha value is -3.16. The SMILES string of the molecule is CN(Cc1cnn(Cc2ccccc2)c1)C(=O)CN1C(=O)N(C)C2(CCCCC2)C1=O. The van der Waals surface area contributed by atoms with Crippen molar-refractivity contribution in [2.45, 2.75) is 50.7 Å². The summed E-state index contributed by atoms with van der Waals surface area (Å²) in [7, 11) is 3.36. The molecule has 8 nitrogen and oxygen atoms in total. The molecule has 2 aromatic rings. The molecule has 0 unspecified atom stereocenters. The molecule has 1 saturated heterocycles. The highest BCUT2D eigenvalue weighted by atomic mass is 16.2. The molecule has 1 aliphatic heterocycles. The number of likely N-dealkylation sites (N-methyl/N-ethyl adjacent to an activating group) is 2. The zero-order chi connectivity index (χ0) is 22.0. The first-order valence-electron chi connectivity index (χ1n) is 10.8. The van der Waals surface area contributed by atoms with E-state index in [1.54, 1.807) is 25.2 Å². The summed E-state index contributed by atoms with van der Waals surface area (Å²) >= 11 is 0. The number of carbonyl (C=O) groups is 3. The van der Waals surface area contributed by atoms with Gasteiger partial charge in [0.15, 0.2) is 0 Å². The van der Waals surface area contributed by atoms with Crippen LogP contribution in [-0.2, 0) is 22.7 Å². The molecule has 1 aromatic carbocycles. The Morgan fingerprint density at radius 1 is 1.10 bits per heavy atom. The number of aromatic nitrogens is 2. The van der Waals surface area contributed by atoms with Crippen LogP contribution in [0.4, 0.5) is 4.79 Å². The van der Waals surface area contributed by atoms with E-state index in [-0.39, 0.29) is 24.4 Å². The number of carbonyl (C=O) groups excluding carboxylic acids is 3. The van der Waals surface area contributed by atoms with Crippen LogP contribution in [0.3, 0.4) is 0 Å². The predicted octanol–water partition coefficient (Wildman–Crippen LogP) is 2.49. The van der Waals surface area contributed by atoms with Crippen molar-refractivity contribution in [3.63, 3.8) is 0 Å². The van der Waals surface area contributed by atoms with Gasteiger partial charge < -0.3 is 9.80 Å². The van der Waals surface area contributed by atoms with Crippen molar-refractivity contribution < 1.29 is 14.4 Å². The second-order valence-electron chi connectivity index (χ2n) is 8.61. The molecule has 4 rings (SSSR count). The van der Waals surface area contributed by atoms with E-state index in [2.05, 4.69) is 5.10 Å². The molecule has 2 heterocycles. The van der Waals surface area contributed by atoms with E-state index in [1.165, 1.54) is 4.90 Å². The van der Waals surface area contributed by atoms with Gasteiger partial charge in [0.05, 0.1) is 12.7 Å². The van der Waals surface area contributed by atoms with Crippen LogP contribution in [-0.4, -0.2) is 68.5 Å². The smallest absolute Gasteiger partial charge is 0.327 e. The van der Waals surface area contributed by atoms with Crippen molar-refractivity contribution in [3.8, 4) is 0 Å². The average Bonchev–Trinajstić information content (AvgIpc) is 3.28. The molecule has 0 atom stereocenters. The molecule has 1 aliphatic carbocycles. The van der Waals surface area contributed by atoms with Gasteiger partial charge >= 0.3 is 6.03 Å². The Labute approximate surface area is 182 Å². The Morgan fingerprint density at radius 2 is 1.81 bits per heavy atom. The number of amides is 4. The summed E-state index contributed by atoms with van der Waals surface area (Å²) < 4.78 is 1.83. The van der Waals surface area contributed by atoms with Crippen LogP contribution < -0.4 is 0 Å². The summed E-state index contributed by atoms with van der Waals surface area (Å²) in [6.07, 6.45) is 7.94. The van der Waals surface area contributed by atoms with Crippen LogP contribution in [0.2, 0.25) is 0 Å². The molecule has 1 saturated carbocycles. The molecule has 0 radical (unpaired) electrons. The fourth-order valence-electron chi connectivity index (χ4n) is 4.63. The minimum Gasteiger partial charge on any atom is -0.340 e. The summed E-state index contributed by atoms with van der Waals surface area (Å²) in [6, 6.07) is 9.66. The van der Waals surface area contributed by atoms with Crippen LogP contribution in [0.15, 0.2) is 42.7 Å². The topological polar surface area (TPSA) is 78.8 Å². The Balaban J connectivity index is 1.37. The lowest BCUT2D eigenvalue weighted by Gasteiger charge is -2.35. The van der Waals surface area contributed by atoms with Crippen molar-refractivity contribution in [1.29, 1.82) is 0 Å². The number of benzene rings is 1. The number of nitrogens with zero attached hydrogens (tertiary/aromatic N) is 5. The highest BCUT2D eigenvalue weighted by Crippen LogP contribution is 2.39. The summed E-state index contributed by atoms with van der Waals surface area (Å²) in [5.74, 6) is -0.490. The van der Waals surface area contributed by atoms with E-state index in [4.69, 9.17) is 0 Å². The van der Waals surface area contributed by atoms with E-state index in [0.29, 0.717) is 25.9 Å². The Bertz CT molecular complexity index is 965. The zero-order valence-electron chi connectivity index (χ0n) is 18.2. The largest absolute Gasteiger partial charge is 0.340 e. The number of hydrogen-bond acceptors (Lipinski definition) is 4. The molecule has 2 fully saturated rings. The molecule has 2 aliphatic rings. The predicted molar refractivity (Wildman–Crippen MR) is 115 cm³/mol. The van der Waals surface area contributed by atoms with Gasteiger partial charge in [-0.3, -0.25) is 19.2 Å². The molecule has 0 N–H and O–H groups in total. The fraction of sp³-hybridized carbons (Fsp3) is 0.478.